The fraction of sp³-hybridized carbons (Fsp3) is 0.415. The Balaban J connectivity index is 1.35. The first-order valence-electron chi connectivity index (χ1n) is 25.6. The van der Waals surface area contributed by atoms with Crippen molar-refractivity contribution in [3.8, 4) is 28.7 Å². The van der Waals surface area contributed by atoms with Gasteiger partial charge in [0.05, 0.1) is 33.9 Å². The number of pyridine rings is 1. The Kier molecular flexibility index (Phi) is 17.3. The molecule has 0 bridgehead atoms. The minimum atomic E-state index is -5.45. The number of hydrogen-bond donors (Lipinski definition) is 4. The summed E-state index contributed by atoms with van der Waals surface area (Å²) in [7, 11) is -18.3. The number of phosphoric ester groups is 1. The maximum absolute atomic E-state index is 15.7. The second-order valence-electron chi connectivity index (χ2n) is 22.6. The van der Waals surface area contributed by atoms with Crippen LogP contribution in [0.2, 0.25) is 5.02 Å². The van der Waals surface area contributed by atoms with Gasteiger partial charge >= 0.3 is 20.2 Å². The lowest BCUT2D eigenvalue weighted by molar-refractivity contribution is -0.143. The Hall–Kier alpha value is -6.38. The minimum Gasteiger partial charge on any atom is -0.404 e. The van der Waals surface area contributed by atoms with Gasteiger partial charge in [-0.25, -0.2) is 35.2 Å². The van der Waals surface area contributed by atoms with Crippen molar-refractivity contribution in [2.45, 2.75) is 114 Å². The molecule has 19 nitrogen and oxygen atoms in total. The van der Waals surface area contributed by atoms with Crippen LogP contribution in [0.15, 0.2) is 54.6 Å². The lowest BCUT2D eigenvalue weighted by Crippen LogP contribution is -2.40. The molecule has 470 valence electrons. The number of sulfone groups is 1. The van der Waals surface area contributed by atoms with E-state index in [-0.39, 0.29) is 53.6 Å². The van der Waals surface area contributed by atoms with Crippen LogP contribution in [0.4, 0.5) is 49.7 Å². The summed E-state index contributed by atoms with van der Waals surface area (Å²) < 4.78 is 231. The monoisotopic (exact) mass is 1330 g/mol. The highest BCUT2D eigenvalue weighted by molar-refractivity contribution is 7.93. The minimum absolute atomic E-state index is 0.0120. The van der Waals surface area contributed by atoms with Crippen LogP contribution in [0, 0.1) is 36.3 Å². The number of carbonyl (C=O) groups excluding carboxylic acids is 2. The summed E-state index contributed by atoms with van der Waals surface area (Å²) in [4.78, 5) is 63.7. The van der Waals surface area contributed by atoms with Gasteiger partial charge in [0.2, 0.25) is 29.2 Å². The molecule has 0 radical (unpaired) electrons. The highest BCUT2D eigenvalue weighted by Crippen LogP contribution is 2.68. The summed E-state index contributed by atoms with van der Waals surface area (Å²) in [5.41, 5.74) is -8.19. The van der Waals surface area contributed by atoms with Crippen LogP contribution in [0.3, 0.4) is 0 Å². The second-order valence-corrected chi connectivity index (χ2v) is 31.0. The molecule has 2 aliphatic carbocycles. The SMILES string of the molecule is Cc1cc(CP(C)(=O)O)cc(OP(=O)(O)O)c1C(C)(C)CC(=O)N(c1nn(CC(F)(F)F)c2c(-c3ccc(C#CC(C)(C)S(C)(=O)=O)nc3[C@H](Cc3cc(F)cc(F)c3)NC(=O)Cn3nc(C(F)(F)F)c4c3C(F)(F)[C@@H]3C[C@H]43)ccc(Cl)c12)S(C)(=O)=O. The molecular formula is C53H52ClF10N7O12P2S2. The maximum Gasteiger partial charge on any atom is 0.524 e. The van der Waals surface area contributed by atoms with E-state index in [4.69, 9.17) is 16.1 Å². The van der Waals surface area contributed by atoms with Gasteiger partial charge in [-0.1, -0.05) is 43.5 Å². The predicted octanol–water partition coefficient (Wildman–Crippen LogP) is 10.1. The molecule has 1 saturated carbocycles. The van der Waals surface area contributed by atoms with Crippen molar-refractivity contribution < 1.29 is 98.7 Å². The zero-order chi connectivity index (χ0) is 65.1. The third-order valence-electron chi connectivity index (χ3n) is 14.4. The average Bonchev–Trinajstić information content (AvgIpc) is 1.53. The number of nitrogens with zero attached hydrogens (tertiary/aromatic N) is 6. The third kappa shape index (κ3) is 14.4. The highest BCUT2D eigenvalue weighted by Gasteiger charge is 2.68. The molecule has 3 aromatic carbocycles. The Labute approximate surface area is 495 Å². The van der Waals surface area contributed by atoms with E-state index in [1.807, 2.05) is 0 Å². The number of carbonyl (C=O) groups is 2. The number of rotatable bonds is 18. The molecule has 2 amide bonds. The van der Waals surface area contributed by atoms with Gasteiger partial charge in [-0.3, -0.25) is 33.3 Å². The molecule has 6 aromatic rings. The first-order valence-corrected chi connectivity index (χ1v) is 33.5. The van der Waals surface area contributed by atoms with Gasteiger partial charge in [-0.05, 0) is 98.5 Å². The number of aryl methyl sites for hydroxylation is 1. The number of anilines is 1. The Morgan fingerprint density at radius 2 is 1.53 bits per heavy atom. The van der Waals surface area contributed by atoms with Crippen LogP contribution in [-0.4, -0.2) is 98.0 Å². The van der Waals surface area contributed by atoms with E-state index >= 15 is 8.78 Å². The van der Waals surface area contributed by atoms with E-state index in [9.17, 15) is 85.4 Å². The van der Waals surface area contributed by atoms with E-state index in [0.717, 1.165) is 55.4 Å². The molecule has 1 unspecified atom stereocenters. The summed E-state index contributed by atoms with van der Waals surface area (Å²) >= 11 is 6.79. The van der Waals surface area contributed by atoms with Crippen LogP contribution >= 0.6 is 26.8 Å². The van der Waals surface area contributed by atoms with Crippen molar-refractivity contribution in [1.82, 2.24) is 29.9 Å². The number of hydrogen-bond acceptors (Lipinski definition) is 12. The highest BCUT2D eigenvalue weighted by atomic mass is 35.5. The molecule has 4 atom stereocenters. The lowest BCUT2D eigenvalue weighted by Gasteiger charge is -2.31. The van der Waals surface area contributed by atoms with E-state index in [1.165, 1.54) is 40.7 Å². The molecule has 0 aliphatic heterocycles. The van der Waals surface area contributed by atoms with Crippen LogP contribution in [-0.2, 0) is 81.8 Å². The van der Waals surface area contributed by atoms with Crippen LogP contribution in [0.5, 0.6) is 5.75 Å². The van der Waals surface area contributed by atoms with Gasteiger partial charge in [0, 0.05) is 65.2 Å². The average molecular weight is 1330 g/mol. The van der Waals surface area contributed by atoms with Crippen LogP contribution in [0.25, 0.3) is 22.0 Å². The van der Waals surface area contributed by atoms with Gasteiger partial charge in [0.25, 0.3) is 5.92 Å². The topological polar surface area (TPSA) is 270 Å². The number of benzene rings is 3. The van der Waals surface area contributed by atoms with Crippen molar-refractivity contribution in [2.75, 3.05) is 23.5 Å². The maximum atomic E-state index is 15.7. The lowest BCUT2D eigenvalue weighted by atomic mass is 9.78. The third-order valence-corrected chi connectivity index (χ3v) is 19.1. The molecule has 0 spiro atoms. The second kappa shape index (κ2) is 22.6. The number of aromatic nitrogens is 5. The molecule has 2 aliphatic rings. The molecule has 0 saturated heterocycles. The van der Waals surface area contributed by atoms with Gasteiger partial charge in [-0.2, -0.15) is 49.6 Å². The Bertz CT molecular complexity index is 4230. The van der Waals surface area contributed by atoms with E-state index in [0.29, 0.717) is 12.3 Å². The van der Waals surface area contributed by atoms with Crippen molar-refractivity contribution in [2.24, 2.45) is 5.92 Å². The van der Waals surface area contributed by atoms with E-state index < -0.39 is 193 Å². The van der Waals surface area contributed by atoms with Gasteiger partial charge < -0.3 is 14.7 Å². The zero-order valence-corrected chi connectivity index (χ0v) is 50.9. The Morgan fingerprint density at radius 1 is 0.908 bits per heavy atom. The van der Waals surface area contributed by atoms with Gasteiger partial charge in [-0.15, -0.1) is 0 Å². The smallest absolute Gasteiger partial charge is 0.404 e. The number of phosphoric acid groups is 1. The Morgan fingerprint density at radius 3 is 2.09 bits per heavy atom. The predicted molar refractivity (Wildman–Crippen MR) is 296 cm³/mol. The quantitative estimate of drug-likeness (QED) is 0.0354. The van der Waals surface area contributed by atoms with Crippen molar-refractivity contribution in [1.29, 1.82) is 0 Å². The fourth-order valence-electron chi connectivity index (χ4n) is 10.7. The first kappa shape index (κ1) is 66.6. The molecule has 3 aromatic heterocycles. The van der Waals surface area contributed by atoms with Crippen LogP contribution < -0.4 is 14.1 Å². The summed E-state index contributed by atoms with van der Waals surface area (Å²) in [5.74, 6) is -8.48. The van der Waals surface area contributed by atoms with Gasteiger partial charge in [0.15, 0.2) is 21.3 Å². The number of halogens is 11. The first-order chi connectivity index (χ1) is 39.6. The number of sulfonamides is 1. The number of alkyl halides is 8. The molecule has 4 N–H and O–H groups in total. The molecule has 8 rings (SSSR count). The van der Waals surface area contributed by atoms with Crippen molar-refractivity contribution in [3.63, 3.8) is 0 Å². The molecule has 34 heteroatoms. The summed E-state index contributed by atoms with van der Waals surface area (Å²) in [6.07, 6.45) is -11.8. The largest absolute Gasteiger partial charge is 0.524 e. The zero-order valence-electron chi connectivity index (χ0n) is 46.7. The number of amides is 2. The summed E-state index contributed by atoms with van der Waals surface area (Å²) in [6.45, 7) is 3.97. The molecular weight excluding hydrogens is 1280 g/mol. The molecule has 3 heterocycles. The van der Waals surface area contributed by atoms with Crippen LogP contribution in [0.1, 0.15) is 103 Å². The summed E-state index contributed by atoms with van der Waals surface area (Å²) in [5, 5.41) is 8.55. The van der Waals surface area contributed by atoms with Crippen molar-refractivity contribution in [3.05, 3.63) is 122 Å². The van der Waals surface area contributed by atoms with E-state index in [2.05, 4.69) is 32.3 Å². The summed E-state index contributed by atoms with van der Waals surface area (Å²) in [6, 6.07) is 6.76. The fourth-order valence-corrected chi connectivity index (χ4v) is 13.3. The number of nitrogens with one attached hydrogen (secondary N) is 1. The molecule has 1 fully saturated rings. The van der Waals surface area contributed by atoms with Crippen molar-refractivity contribution >= 4 is 75.2 Å². The normalized spacial score (nSPS) is 17.2. The van der Waals surface area contributed by atoms with Gasteiger partial charge in [0.1, 0.15) is 46.6 Å². The standard InChI is InChI=1S/C53H52ClF10N7O12P2S2/c1-26-15-28(24-84(6,74)75)19-38(83-85(76,77)78)43(26)49(2,3)22-40(73)71(87(8,81)82)48-42-36(54)12-11-33(45(42)70(68-48)25-51(57,58)59)32-10-9-31(13-14-50(4,5)86(7,79)80)65-44(32)37(18-27-16-29(55)20-30(56)17-27)66-39(72)23-69-47-41(46(67-69)53(62,63)64)34-21-35(34)52(47,60)61/h9-12,15-17,19-20,34-35,37H,18,21-25H2,1-8H3,(H,66,72)(H,74,75)(H2,76,77,78)/t34-,35+,37-/m0/s1. The molecule has 87 heavy (non-hydrogen) atoms. The van der Waals surface area contributed by atoms with E-state index in [1.54, 1.807) is 0 Å². The number of fused-ring (bicyclic) bond motifs is 4.